The van der Waals surface area contributed by atoms with Crippen LogP contribution in [0, 0.1) is 12.8 Å². The van der Waals surface area contributed by atoms with Crippen molar-refractivity contribution in [2.75, 3.05) is 6.54 Å². The summed E-state index contributed by atoms with van der Waals surface area (Å²) in [4.78, 5) is 14.4. The van der Waals surface area contributed by atoms with Crippen molar-refractivity contribution in [2.24, 2.45) is 5.92 Å². The Labute approximate surface area is 121 Å². The smallest absolute Gasteiger partial charge is 0.238 e. The van der Waals surface area contributed by atoms with Gasteiger partial charge in [-0.25, -0.2) is 0 Å². The van der Waals surface area contributed by atoms with Gasteiger partial charge in [-0.2, -0.15) is 0 Å². The average Bonchev–Trinajstić information content (AvgIpc) is 3.08. The van der Waals surface area contributed by atoms with Crippen LogP contribution in [-0.2, 0) is 4.79 Å². The zero-order chi connectivity index (χ0) is 14.1. The lowest BCUT2D eigenvalue weighted by Gasteiger charge is -2.35. The van der Waals surface area contributed by atoms with Crippen molar-refractivity contribution in [3.63, 3.8) is 0 Å². The fourth-order valence-electron chi connectivity index (χ4n) is 3.80. The molecule has 3 nitrogen and oxygen atoms in total. The van der Waals surface area contributed by atoms with Crippen LogP contribution in [-0.4, -0.2) is 23.4 Å². The van der Waals surface area contributed by atoms with Crippen molar-refractivity contribution < 1.29 is 4.79 Å². The van der Waals surface area contributed by atoms with Crippen molar-refractivity contribution in [1.82, 2.24) is 10.2 Å². The van der Waals surface area contributed by atoms with Gasteiger partial charge >= 0.3 is 0 Å². The van der Waals surface area contributed by atoms with Crippen LogP contribution in [0.25, 0.3) is 0 Å². The molecule has 1 aromatic rings. The van der Waals surface area contributed by atoms with Crippen molar-refractivity contribution in [2.45, 2.75) is 51.7 Å². The van der Waals surface area contributed by atoms with E-state index < -0.39 is 0 Å². The van der Waals surface area contributed by atoms with Gasteiger partial charge in [0, 0.05) is 6.04 Å². The van der Waals surface area contributed by atoms with Crippen LogP contribution in [0.4, 0.5) is 0 Å². The average molecular weight is 272 g/mol. The Morgan fingerprint density at radius 2 is 1.95 bits per heavy atom. The summed E-state index contributed by atoms with van der Waals surface area (Å²) in [5.74, 6) is 0.919. The van der Waals surface area contributed by atoms with E-state index in [9.17, 15) is 4.79 Å². The number of rotatable bonds is 3. The van der Waals surface area contributed by atoms with Gasteiger partial charge in [0.05, 0.1) is 6.54 Å². The second-order valence-electron chi connectivity index (χ2n) is 6.23. The van der Waals surface area contributed by atoms with Gasteiger partial charge in [-0.15, -0.1) is 0 Å². The molecule has 0 aromatic heterocycles. The summed E-state index contributed by atoms with van der Waals surface area (Å²) < 4.78 is 0. The third-order valence-corrected chi connectivity index (χ3v) is 5.02. The lowest BCUT2D eigenvalue weighted by Crippen LogP contribution is -2.41. The molecule has 3 rings (SSSR count). The van der Waals surface area contributed by atoms with Gasteiger partial charge in [-0.1, -0.05) is 37.1 Å². The van der Waals surface area contributed by atoms with Crippen LogP contribution in [0.15, 0.2) is 24.3 Å². The molecular formula is C17H24N2O. The molecule has 2 atom stereocenters. The first kappa shape index (κ1) is 13.6. The molecule has 1 aromatic carbocycles. The van der Waals surface area contributed by atoms with Gasteiger partial charge in [0.2, 0.25) is 5.91 Å². The Morgan fingerprint density at radius 3 is 2.65 bits per heavy atom. The zero-order valence-corrected chi connectivity index (χ0v) is 12.4. The van der Waals surface area contributed by atoms with Gasteiger partial charge < -0.3 is 4.90 Å². The maximum atomic E-state index is 12.3. The van der Waals surface area contributed by atoms with Crippen molar-refractivity contribution in [3.05, 3.63) is 35.4 Å². The molecule has 1 saturated heterocycles. The molecular weight excluding hydrogens is 248 g/mol. The van der Waals surface area contributed by atoms with Crippen molar-refractivity contribution in [1.29, 1.82) is 0 Å². The summed E-state index contributed by atoms with van der Waals surface area (Å²) in [5.41, 5.74) is 2.49. The summed E-state index contributed by atoms with van der Waals surface area (Å²) >= 11 is 0. The van der Waals surface area contributed by atoms with Gasteiger partial charge in [-0.3, -0.25) is 10.1 Å². The summed E-state index contributed by atoms with van der Waals surface area (Å²) in [7, 11) is 0. The molecule has 2 unspecified atom stereocenters. The number of carbonyl (C=O) groups is 1. The van der Waals surface area contributed by atoms with Crippen LogP contribution < -0.4 is 5.32 Å². The summed E-state index contributed by atoms with van der Waals surface area (Å²) in [6.07, 6.45) is 5.23. The highest BCUT2D eigenvalue weighted by Gasteiger charge is 2.38. The normalized spacial score (nSPS) is 25.4. The number of nitrogens with one attached hydrogen (secondary N) is 1. The summed E-state index contributed by atoms with van der Waals surface area (Å²) in [6, 6.07) is 8.72. The van der Waals surface area contributed by atoms with E-state index in [1.54, 1.807) is 0 Å². The lowest BCUT2D eigenvalue weighted by atomic mass is 9.96. The van der Waals surface area contributed by atoms with Gasteiger partial charge in [0.15, 0.2) is 0 Å². The first-order chi connectivity index (χ1) is 9.68. The monoisotopic (exact) mass is 272 g/mol. The molecule has 1 saturated carbocycles. The van der Waals surface area contributed by atoms with Crippen molar-refractivity contribution in [3.8, 4) is 0 Å². The molecule has 1 heterocycles. The lowest BCUT2D eigenvalue weighted by molar-refractivity contribution is -0.131. The molecule has 108 valence electrons. The van der Waals surface area contributed by atoms with E-state index in [1.165, 1.54) is 36.8 Å². The van der Waals surface area contributed by atoms with Crippen LogP contribution in [0.1, 0.15) is 49.9 Å². The number of hydrogen-bond acceptors (Lipinski definition) is 2. The molecule has 1 aliphatic carbocycles. The molecule has 2 fully saturated rings. The number of carbonyl (C=O) groups excluding carboxylic acids is 1. The Balaban J connectivity index is 1.86. The minimum Gasteiger partial charge on any atom is -0.319 e. The largest absolute Gasteiger partial charge is 0.319 e. The number of amides is 1. The molecule has 1 N–H and O–H groups in total. The van der Waals surface area contributed by atoms with E-state index in [2.05, 4.69) is 48.3 Å². The summed E-state index contributed by atoms with van der Waals surface area (Å²) in [6.45, 7) is 4.82. The standard InChI is InChI=1S/C17H24N2O/c1-12-7-3-6-10-15(12)17-18-11-16(20)19(17)13(2)14-8-4-5-9-14/h3,6-7,10,13-14,17-18H,4-5,8-9,11H2,1-2H3. The van der Waals surface area contributed by atoms with Crippen LogP contribution in [0.3, 0.4) is 0 Å². The molecule has 0 bridgehead atoms. The predicted octanol–water partition coefficient (Wildman–Crippen LogP) is 3.00. The second-order valence-corrected chi connectivity index (χ2v) is 6.23. The van der Waals surface area contributed by atoms with Gasteiger partial charge in [-0.05, 0) is 43.7 Å². The Morgan fingerprint density at radius 1 is 1.25 bits per heavy atom. The predicted molar refractivity (Wildman–Crippen MR) is 80.2 cm³/mol. The Kier molecular flexibility index (Phi) is 3.79. The van der Waals surface area contributed by atoms with Crippen LogP contribution in [0.2, 0.25) is 0 Å². The van der Waals surface area contributed by atoms with E-state index in [4.69, 9.17) is 0 Å². The van der Waals surface area contributed by atoms with Gasteiger partial charge in [0.1, 0.15) is 6.17 Å². The van der Waals surface area contributed by atoms with Gasteiger partial charge in [0.25, 0.3) is 0 Å². The quantitative estimate of drug-likeness (QED) is 0.917. The molecule has 2 aliphatic rings. The Bertz CT molecular complexity index is 494. The highest BCUT2D eigenvalue weighted by atomic mass is 16.2. The molecule has 3 heteroatoms. The van der Waals surface area contributed by atoms with E-state index >= 15 is 0 Å². The SMILES string of the molecule is Cc1ccccc1C1NCC(=O)N1C(C)C1CCCC1. The minimum absolute atomic E-state index is 0.0549. The van der Waals surface area contributed by atoms with Crippen LogP contribution >= 0.6 is 0 Å². The number of benzene rings is 1. The van der Waals surface area contributed by atoms with E-state index in [0.29, 0.717) is 18.5 Å². The number of nitrogens with zero attached hydrogens (tertiary/aromatic N) is 1. The number of hydrogen-bond donors (Lipinski definition) is 1. The number of aryl methyl sites for hydroxylation is 1. The van der Waals surface area contributed by atoms with E-state index in [1.807, 2.05) is 0 Å². The second kappa shape index (κ2) is 5.57. The first-order valence-corrected chi connectivity index (χ1v) is 7.78. The third kappa shape index (κ3) is 2.35. The fourth-order valence-corrected chi connectivity index (χ4v) is 3.80. The molecule has 1 amide bonds. The highest BCUT2D eigenvalue weighted by Crippen LogP contribution is 2.35. The summed E-state index contributed by atoms with van der Waals surface area (Å²) in [5, 5.41) is 3.39. The van der Waals surface area contributed by atoms with E-state index in [-0.39, 0.29) is 12.1 Å². The minimum atomic E-state index is 0.0549. The molecule has 20 heavy (non-hydrogen) atoms. The third-order valence-electron chi connectivity index (χ3n) is 5.02. The first-order valence-electron chi connectivity index (χ1n) is 7.78. The fraction of sp³-hybridized carbons (Fsp3) is 0.588. The molecule has 0 radical (unpaired) electrons. The van der Waals surface area contributed by atoms with Crippen LogP contribution in [0.5, 0.6) is 0 Å². The topological polar surface area (TPSA) is 32.3 Å². The Hall–Kier alpha value is -1.35. The highest BCUT2D eigenvalue weighted by molar-refractivity contribution is 5.81. The van der Waals surface area contributed by atoms with Crippen molar-refractivity contribution >= 4 is 5.91 Å². The maximum Gasteiger partial charge on any atom is 0.238 e. The molecule has 1 aliphatic heterocycles. The maximum absolute atomic E-state index is 12.3. The van der Waals surface area contributed by atoms with E-state index in [0.717, 1.165) is 0 Å². The molecule has 0 spiro atoms. The zero-order valence-electron chi connectivity index (χ0n) is 12.4.